The molecule has 1 aliphatic rings. The largest absolute Gasteiger partial charge is 0.286 e. The molecule has 2 rings (SSSR count). The van der Waals surface area contributed by atoms with E-state index >= 15 is 0 Å². The first-order valence-electron chi connectivity index (χ1n) is 3.75. The highest BCUT2D eigenvalue weighted by Gasteiger charge is 2.20. The Hall–Kier alpha value is -1.22. The Morgan fingerprint density at radius 1 is 1.08 bits per heavy atom. The molecule has 0 amide bonds. The molecule has 0 unspecified atom stereocenters. The number of carbonyl (C=O) groups excluding carboxylic acids is 2. The van der Waals surface area contributed by atoms with E-state index < -0.39 is 11.6 Å². The molecule has 0 radical (unpaired) electrons. The minimum absolute atomic E-state index is 0.432. The number of ketones is 2. The number of rotatable bonds is 0. The predicted molar refractivity (Wildman–Crippen MR) is 52.5 cm³/mol. The minimum Gasteiger partial charge on any atom is -0.286 e. The maximum Gasteiger partial charge on any atom is 0.233 e. The molecule has 64 valence electrons. The van der Waals surface area contributed by atoms with Crippen molar-refractivity contribution in [3.8, 4) is 0 Å². The van der Waals surface area contributed by atoms with Gasteiger partial charge in [-0.3, -0.25) is 9.59 Å². The Morgan fingerprint density at radius 3 is 2.62 bits per heavy atom. The number of hydrogen-bond donors (Lipinski definition) is 0. The lowest BCUT2D eigenvalue weighted by Crippen LogP contribution is -2.15. The van der Waals surface area contributed by atoms with Crippen LogP contribution in [0.1, 0.15) is 15.9 Å². The summed E-state index contributed by atoms with van der Waals surface area (Å²) in [5.74, 6) is -0.885. The van der Waals surface area contributed by atoms with Gasteiger partial charge in [-0.1, -0.05) is 28.1 Å². The molecule has 0 aliphatic heterocycles. The summed E-state index contributed by atoms with van der Waals surface area (Å²) >= 11 is 3.25. The Bertz CT molecular complexity index is 433. The Morgan fingerprint density at radius 2 is 1.85 bits per heavy atom. The van der Waals surface area contributed by atoms with Crippen molar-refractivity contribution in [2.45, 2.75) is 0 Å². The molecular formula is C10H5BrO2. The summed E-state index contributed by atoms with van der Waals surface area (Å²) in [6.45, 7) is 0. The Balaban J connectivity index is 2.67. The van der Waals surface area contributed by atoms with Crippen molar-refractivity contribution in [2.75, 3.05) is 0 Å². The van der Waals surface area contributed by atoms with E-state index in [1.165, 1.54) is 6.08 Å². The Kier molecular flexibility index (Phi) is 1.88. The van der Waals surface area contributed by atoms with Gasteiger partial charge in [0.25, 0.3) is 0 Å². The number of benzene rings is 1. The van der Waals surface area contributed by atoms with Crippen molar-refractivity contribution >= 4 is 33.6 Å². The molecule has 0 saturated heterocycles. The van der Waals surface area contributed by atoms with E-state index in [4.69, 9.17) is 0 Å². The third-order valence-electron chi connectivity index (χ3n) is 1.90. The van der Waals surface area contributed by atoms with E-state index in [1.54, 1.807) is 18.2 Å². The van der Waals surface area contributed by atoms with Crippen LogP contribution in [-0.2, 0) is 4.79 Å². The molecule has 0 fully saturated rings. The molecule has 0 saturated carbocycles. The average Bonchev–Trinajstić information content (AvgIpc) is 2.12. The summed E-state index contributed by atoms with van der Waals surface area (Å²) in [5, 5.41) is 0. The van der Waals surface area contributed by atoms with Crippen LogP contribution in [0.25, 0.3) is 6.08 Å². The van der Waals surface area contributed by atoms with Crippen LogP contribution in [0.3, 0.4) is 0 Å². The fraction of sp³-hybridized carbons (Fsp3) is 0. The van der Waals surface area contributed by atoms with Crippen LogP contribution in [0, 0.1) is 0 Å². The second-order valence-electron chi connectivity index (χ2n) is 2.76. The smallest absolute Gasteiger partial charge is 0.233 e. The Labute approximate surface area is 83.4 Å². The lowest BCUT2D eigenvalue weighted by Gasteiger charge is -2.07. The molecule has 0 bridgehead atoms. The molecule has 1 aromatic rings. The summed E-state index contributed by atoms with van der Waals surface area (Å²) in [7, 11) is 0. The van der Waals surface area contributed by atoms with Gasteiger partial charge in [-0.15, -0.1) is 0 Å². The molecule has 0 heterocycles. The molecule has 1 aliphatic carbocycles. The van der Waals surface area contributed by atoms with Gasteiger partial charge in [0.2, 0.25) is 11.6 Å². The van der Waals surface area contributed by atoms with Gasteiger partial charge in [-0.05, 0) is 23.8 Å². The lowest BCUT2D eigenvalue weighted by molar-refractivity contribution is -0.110. The van der Waals surface area contributed by atoms with Crippen LogP contribution in [0.4, 0.5) is 0 Å². The first kappa shape index (κ1) is 8.38. The molecule has 13 heavy (non-hydrogen) atoms. The number of Topliss-reactive ketones (excluding diaryl/α,β-unsaturated/α-hetero) is 1. The van der Waals surface area contributed by atoms with Gasteiger partial charge in [-0.2, -0.15) is 0 Å². The van der Waals surface area contributed by atoms with Crippen molar-refractivity contribution in [1.82, 2.24) is 0 Å². The zero-order valence-electron chi connectivity index (χ0n) is 6.58. The molecule has 0 aromatic heterocycles. The van der Waals surface area contributed by atoms with Gasteiger partial charge < -0.3 is 0 Å². The topological polar surface area (TPSA) is 34.1 Å². The van der Waals surface area contributed by atoms with Gasteiger partial charge in [-0.25, -0.2) is 0 Å². The normalized spacial score (nSPS) is 14.5. The zero-order valence-corrected chi connectivity index (χ0v) is 8.17. The number of allylic oxidation sites excluding steroid dienone is 1. The van der Waals surface area contributed by atoms with Crippen molar-refractivity contribution < 1.29 is 9.59 Å². The first-order valence-corrected chi connectivity index (χ1v) is 4.54. The molecule has 3 heteroatoms. The number of hydrogen-bond acceptors (Lipinski definition) is 2. The summed E-state index contributed by atoms with van der Waals surface area (Å²) in [6.07, 6.45) is 2.96. The van der Waals surface area contributed by atoms with Crippen molar-refractivity contribution in [1.29, 1.82) is 0 Å². The van der Waals surface area contributed by atoms with Crippen LogP contribution < -0.4 is 0 Å². The maximum absolute atomic E-state index is 11.3. The van der Waals surface area contributed by atoms with Crippen LogP contribution in [0.2, 0.25) is 0 Å². The quantitative estimate of drug-likeness (QED) is 0.648. The summed E-state index contributed by atoms with van der Waals surface area (Å²) in [5.41, 5.74) is 1.27. The molecule has 0 N–H and O–H groups in total. The van der Waals surface area contributed by atoms with Gasteiger partial charge in [0.05, 0.1) is 0 Å². The van der Waals surface area contributed by atoms with E-state index in [9.17, 15) is 9.59 Å². The third kappa shape index (κ3) is 1.35. The molecule has 1 aromatic carbocycles. The summed E-state index contributed by atoms with van der Waals surface area (Å²) < 4.78 is 0.808. The lowest BCUT2D eigenvalue weighted by atomic mass is 9.96. The standard InChI is InChI=1S/C10H5BrO2/c11-7-3-1-6-2-4-9(12)10(13)8(6)5-7/h1-5H. The van der Waals surface area contributed by atoms with E-state index in [-0.39, 0.29) is 0 Å². The van der Waals surface area contributed by atoms with E-state index in [0.717, 1.165) is 10.0 Å². The monoisotopic (exact) mass is 236 g/mol. The highest BCUT2D eigenvalue weighted by molar-refractivity contribution is 9.10. The maximum atomic E-state index is 11.3. The van der Waals surface area contributed by atoms with Gasteiger partial charge in [0.15, 0.2) is 0 Å². The average molecular weight is 237 g/mol. The van der Waals surface area contributed by atoms with Gasteiger partial charge >= 0.3 is 0 Å². The summed E-state index contributed by atoms with van der Waals surface area (Å²) in [6, 6.07) is 5.31. The highest BCUT2D eigenvalue weighted by Crippen LogP contribution is 2.21. The SMILES string of the molecule is O=C1C=Cc2ccc(Br)cc2C1=O. The number of fused-ring (bicyclic) bond motifs is 1. The van der Waals surface area contributed by atoms with Gasteiger partial charge in [0, 0.05) is 10.0 Å². The number of carbonyl (C=O) groups is 2. The van der Waals surface area contributed by atoms with Crippen molar-refractivity contribution in [3.05, 3.63) is 39.9 Å². The second-order valence-corrected chi connectivity index (χ2v) is 3.67. The molecule has 0 atom stereocenters. The molecule has 0 spiro atoms. The fourth-order valence-corrected chi connectivity index (χ4v) is 1.61. The van der Waals surface area contributed by atoms with Crippen molar-refractivity contribution in [2.24, 2.45) is 0 Å². The van der Waals surface area contributed by atoms with Gasteiger partial charge in [0.1, 0.15) is 0 Å². The predicted octanol–water partition coefficient (Wildman–Crippen LogP) is 2.23. The summed E-state index contributed by atoms with van der Waals surface area (Å²) in [4.78, 5) is 22.4. The van der Waals surface area contributed by atoms with E-state index in [2.05, 4.69) is 15.9 Å². The van der Waals surface area contributed by atoms with Crippen molar-refractivity contribution in [3.63, 3.8) is 0 Å². The molecule has 2 nitrogen and oxygen atoms in total. The van der Waals surface area contributed by atoms with Crippen LogP contribution in [0.5, 0.6) is 0 Å². The minimum atomic E-state index is -0.453. The van der Waals surface area contributed by atoms with E-state index in [0.29, 0.717) is 5.56 Å². The number of halogens is 1. The second kappa shape index (κ2) is 2.92. The third-order valence-corrected chi connectivity index (χ3v) is 2.39. The van der Waals surface area contributed by atoms with Crippen LogP contribution in [-0.4, -0.2) is 11.6 Å². The van der Waals surface area contributed by atoms with Crippen LogP contribution in [0.15, 0.2) is 28.7 Å². The molecular weight excluding hydrogens is 232 g/mol. The first-order chi connectivity index (χ1) is 6.18. The highest BCUT2D eigenvalue weighted by atomic mass is 79.9. The van der Waals surface area contributed by atoms with E-state index in [1.807, 2.05) is 6.07 Å². The zero-order chi connectivity index (χ0) is 9.42. The fourth-order valence-electron chi connectivity index (χ4n) is 1.24. The van der Waals surface area contributed by atoms with Crippen LogP contribution >= 0.6 is 15.9 Å².